The second kappa shape index (κ2) is 9.02. The summed E-state index contributed by atoms with van der Waals surface area (Å²) in [5.74, 6) is 0.152. The molecule has 0 aliphatic rings. The van der Waals surface area contributed by atoms with Crippen LogP contribution in [0.5, 0.6) is 0 Å². The maximum atomic E-state index is 12.2. The molecule has 0 aromatic carbocycles. The average Bonchev–Trinajstić information content (AvgIpc) is 3.07. The monoisotopic (exact) mass is 349 g/mol. The molecule has 0 radical (unpaired) electrons. The Morgan fingerprint density at radius 3 is 2.83 bits per heavy atom. The van der Waals surface area contributed by atoms with E-state index in [9.17, 15) is 9.59 Å². The largest absolute Gasteiger partial charge is 0.411 e. The summed E-state index contributed by atoms with van der Waals surface area (Å²) < 4.78 is 5.50. The Morgan fingerprint density at radius 1 is 1.33 bits per heavy atom. The third-order valence-corrected chi connectivity index (χ3v) is 3.88. The number of thioether (sulfide) groups is 1. The molecule has 2 heterocycles. The van der Waals surface area contributed by atoms with Crippen LogP contribution in [0.1, 0.15) is 13.8 Å². The Morgan fingerprint density at radius 2 is 2.17 bits per heavy atom. The Labute approximate surface area is 144 Å². The van der Waals surface area contributed by atoms with Crippen molar-refractivity contribution in [1.29, 1.82) is 0 Å². The Hall–Kier alpha value is -2.42. The lowest BCUT2D eigenvalue weighted by atomic mass is 10.3. The fourth-order valence-corrected chi connectivity index (χ4v) is 2.56. The van der Waals surface area contributed by atoms with Crippen molar-refractivity contribution in [1.82, 2.24) is 25.4 Å². The molecule has 0 saturated heterocycles. The number of amides is 2. The quantitative estimate of drug-likeness (QED) is 0.715. The Kier molecular flexibility index (Phi) is 6.74. The standard InChI is InChI=1S/C15H19N5O3S/c1-3-17-12(21)9-20(4-2)13(22)10-24-15-19-18-14(23-15)11-6-5-7-16-8-11/h5-8H,3-4,9-10H2,1-2H3,(H,17,21). The molecule has 2 aromatic rings. The fraction of sp³-hybridized carbons (Fsp3) is 0.400. The van der Waals surface area contributed by atoms with E-state index in [-0.39, 0.29) is 24.1 Å². The van der Waals surface area contributed by atoms with Crippen molar-refractivity contribution in [2.24, 2.45) is 0 Å². The van der Waals surface area contributed by atoms with Crippen molar-refractivity contribution < 1.29 is 14.0 Å². The van der Waals surface area contributed by atoms with Crippen molar-refractivity contribution >= 4 is 23.6 Å². The zero-order valence-electron chi connectivity index (χ0n) is 13.6. The summed E-state index contributed by atoms with van der Waals surface area (Å²) in [6.07, 6.45) is 3.28. The summed E-state index contributed by atoms with van der Waals surface area (Å²) in [6, 6.07) is 3.58. The molecule has 0 saturated carbocycles. The SMILES string of the molecule is CCNC(=O)CN(CC)C(=O)CSc1nnc(-c2cccnc2)o1. The van der Waals surface area contributed by atoms with Crippen LogP contribution in [0.4, 0.5) is 0 Å². The summed E-state index contributed by atoms with van der Waals surface area (Å²) in [5, 5.41) is 10.8. The van der Waals surface area contributed by atoms with Gasteiger partial charge in [-0.15, -0.1) is 10.2 Å². The number of rotatable bonds is 8. The van der Waals surface area contributed by atoms with Crippen molar-refractivity contribution in [3.05, 3.63) is 24.5 Å². The third-order valence-electron chi connectivity index (χ3n) is 3.08. The number of hydrogen-bond donors (Lipinski definition) is 1. The number of hydrogen-bond acceptors (Lipinski definition) is 7. The third kappa shape index (κ3) is 5.05. The highest BCUT2D eigenvalue weighted by Crippen LogP contribution is 2.22. The van der Waals surface area contributed by atoms with Gasteiger partial charge in [0, 0.05) is 25.5 Å². The molecular weight excluding hydrogens is 330 g/mol. The molecule has 0 aliphatic heterocycles. The molecule has 9 heteroatoms. The molecule has 2 amide bonds. The highest BCUT2D eigenvalue weighted by Gasteiger charge is 2.17. The van der Waals surface area contributed by atoms with E-state index in [0.717, 1.165) is 17.3 Å². The lowest BCUT2D eigenvalue weighted by Gasteiger charge is -2.19. The molecular formula is C15H19N5O3S. The molecule has 0 aliphatic carbocycles. The average molecular weight is 349 g/mol. The molecule has 128 valence electrons. The topological polar surface area (TPSA) is 101 Å². The van der Waals surface area contributed by atoms with Crippen molar-refractivity contribution in [2.75, 3.05) is 25.4 Å². The number of carbonyl (C=O) groups excluding carboxylic acids is 2. The van der Waals surface area contributed by atoms with E-state index >= 15 is 0 Å². The van der Waals surface area contributed by atoms with Gasteiger partial charge >= 0.3 is 0 Å². The lowest BCUT2D eigenvalue weighted by molar-refractivity contribution is -0.133. The van der Waals surface area contributed by atoms with E-state index in [4.69, 9.17) is 4.42 Å². The van der Waals surface area contributed by atoms with Gasteiger partial charge in [-0.05, 0) is 26.0 Å². The minimum atomic E-state index is -0.172. The van der Waals surface area contributed by atoms with Gasteiger partial charge in [-0.2, -0.15) is 0 Å². The molecule has 1 N–H and O–H groups in total. The first-order valence-corrected chi connectivity index (χ1v) is 8.53. The van der Waals surface area contributed by atoms with Gasteiger partial charge in [-0.25, -0.2) is 0 Å². The zero-order valence-corrected chi connectivity index (χ0v) is 14.4. The predicted octanol–water partition coefficient (Wildman–Crippen LogP) is 1.21. The number of likely N-dealkylation sites (N-methyl/N-ethyl adjacent to an activating group) is 2. The van der Waals surface area contributed by atoms with Gasteiger partial charge in [-0.3, -0.25) is 14.6 Å². The number of pyridine rings is 1. The van der Waals surface area contributed by atoms with Gasteiger partial charge < -0.3 is 14.6 Å². The van der Waals surface area contributed by atoms with Crippen LogP contribution in [0.15, 0.2) is 34.2 Å². The van der Waals surface area contributed by atoms with Crippen LogP contribution in [0, 0.1) is 0 Å². The molecule has 24 heavy (non-hydrogen) atoms. The van der Waals surface area contributed by atoms with Crippen LogP contribution in [0.25, 0.3) is 11.5 Å². The van der Waals surface area contributed by atoms with E-state index in [1.807, 2.05) is 19.9 Å². The van der Waals surface area contributed by atoms with Crippen LogP contribution in [-0.2, 0) is 9.59 Å². The normalized spacial score (nSPS) is 10.4. The summed E-state index contributed by atoms with van der Waals surface area (Å²) in [6.45, 7) is 4.71. The van der Waals surface area contributed by atoms with Crippen LogP contribution in [-0.4, -0.2) is 57.3 Å². The zero-order chi connectivity index (χ0) is 17.4. The number of carbonyl (C=O) groups is 2. The van der Waals surface area contributed by atoms with Crippen LogP contribution in [0.3, 0.4) is 0 Å². The maximum absolute atomic E-state index is 12.2. The molecule has 0 atom stereocenters. The van der Waals surface area contributed by atoms with E-state index in [0.29, 0.717) is 24.2 Å². The first kappa shape index (κ1) is 17.9. The van der Waals surface area contributed by atoms with Crippen LogP contribution in [0.2, 0.25) is 0 Å². The van der Waals surface area contributed by atoms with Crippen molar-refractivity contribution in [3.8, 4) is 11.5 Å². The first-order chi connectivity index (χ1) is 11.6. The van der Waals surface area contributed by atoms with E-state index in [2.05, 4.69) is 20.5 Å². The van der Waals surface area contributed by atoms with Gasteiger partial charge in [0.1, 0.15) is 0 Å². The smallest absolute Gasteiger partial charge is 0.277 e. The summed E-state index contributed by atoms with van der Waals surface area (Å²) in [5.41, 5.74) is 0.717. The highest BCUT2D eigenvalue weighted by atomic mass is 32.2. The first-order valence-electron chi connectivity index (χ1n) is 7.55. The van der Waals surface area contributed by atoms with Crippen LogP contribution >= 0.6 is 11.8 Å². The summed E-state index contributed by atoms with van der Waals surface area (Å²) >= 11 is 1.14. The molecule has 8 nitrogen and oxygen atoms in total. The number of aromatic nitrogens is 3. The second-order valence-corrected chi connectivity index (χ2v) is 5.69. The maximum Gasteiger partial charge on any atom is 0.277 e. The lowest BCUT2D eigenvalue weighted by Crippen LogP contribution is -2.41. The minimum Gasteiger partial charge on any atom is -0.411 e. The van der Waals surface area contributed by atoms with Crippen molar-refractivity contribution in [2.45, 2.75) is 19.1 Å². The van der Waals surface area contributed by atoms with Crippen LogP contribution < -0.4 is 5.32 Å². The summed E-state index contributed by atoms with van der Waals surface area (Å²) in [7, 11) is 0. The van der Waals surface area contributed by atoms with E-state index in [1.54, 1.807) is 18.5 Å². The number of nitrogens with one attached hydrogen (secondary N) is 1. The van der Waals surface area contributed by atoms with Gasteiger partial charge in [0.2, 0.25) is 17.7 Å². The molecule has 0 spiro atoms. The predicted molar refractivity (Wildman–Crippen MR) is 89.2 cm³/mol. The molecule has 2 aromatic heterocycles. The molecule has 0 fully saturated rings. The Balaban J connectivity index is 1.89. The molecule has 0 bridgehead atoms. The summed E-state index contributed by atoms with van der Waals surface area (Å²) in [4.78, 5) is 29.3. The van der Waals surface area contributed by atoms with Gasteiger partial charge in [0.15, 0.2) is 0 Å². The Bertz CT molecular complexity index is 677. The number of nitrogens with zero attached hydrogens (tertiary/aromatic N) is 4. The van der Waals surface area contributed by atoms with Crippen molar-refractivity contribution in [3.63, 3.8) is 0 Å². The minimum absolute atomic E-state index is 0.0501. The van der Waals surface area contributed by atoms with Gasteiger partial charge in [0.25, 0.3) is 5.22 Å². The van der Waals surface area contributed by atoms with Gasteiger partial charge in [0.05, 0.1) is 17.9 Å². The second-order valence-electron chi connectivity index (χ2n) is 4.76. The van der Waals surface area contributed by atoms with E-state index < -0.39 is 0 Å². The fourth-order valence-electron chi connectivity index (χ4n) is 1.89. The molecule has 2 rings (SSSR count). The highest BCUT2D eigenvalue weighted by molar-refractivity contribution is 7.99. The molecule has 0 unspecified atom stereocenters. The van der Waals surface area contributed by atoms with Gasteiger partial charge in [-0.1, -0.05) is 11.8 Å². The van der Waals surface area contributed by atoms with E-state index in [1.165, 1.54) is 4.90 Å².